The van der Waals surface area contributed by atoms with E-state index in [0.717, 1.165) is 22.4 Å². The number of para-hydroxylation sites is 2. The van der Waals surface area contributed by atoms with Gasteiger partial charge in [-0.05, 0) is 17.7 Å². The number of carbonyl (C=O) groups excluding carboxylic acids is 1. The van der Waals surface area contributed by atoms with Crippen molar-refractivity contribution in [3.63, 3.8) is 0 Å². The van der Waals surface area contributed by atoms with E-state index in [1.54, 1.807) is 0 Å². The molecule has 3 aromatic rings. The summed E-state index contributed by atoms with van der Waals surface area (Å²) in [5.41, 5.74) is 2.56. The van der Waals surface area contributed by atoms with Crippen molar-refractivity contribution in [3.8, 4) is 0 Å². The molecule has 2 aromatic carbocycles. The summed E-state index contributed by atoms with van der Waals surface area (Å²) in [5, 5.41) is 12.1. The lowest BCUT2D eigenvalue weighted by Gasteiger charge is -2.16. The number of amides is 1. The van der Waals surface area contributed by atoms with Crippen molar-refractivity contribution < 1.29 is 14.7 Å². The quantitative estimate of drug-likeness (QED) is 0.685. The summed E-state index contributed by atoms with van der Waals surface area (Å²) in [6.45, 7) is 2.02. The fourth-order valence-corrected chi connectivity index (χ4v) is 3.01. The highest BCUT2D eigenvalue weighted by Crippen LogP contribution is 2.16. The Morgan fingerprint density at radius 1 is 1.12 bits per heavy atom. The number of hydrogen-bond donors (Lipinski definition) is 2. The van der Waals surface area contributed by atoms with Crippen LogP contribution in [-0.4, -0.2) is 32.6 Å². The average molecular weight is 351 g/mol. The molecule has 0 saturated carbocycles. The summed E-state index contributed by atoms with van der Waals surface area (Å²) < 4.78 is 1.84. The maximum Gasteiger partial charge on any atom is 0.326 e. The number of rotatable bonds is 7. The second-order valence-corrected chi connectivity index (χ2v) is 6.10. The van der Waals surface area contributed by atoms with E-state index in [2.05, 4.69) is 10.3 Å². The standard InChI is InChI=1S/C20H21N3O3/c1-2-18-21-15-10-6-7-11-17(15)23(18)13-19(24)22-16(20(25)26)12-14-8-4-3-5-9-14/h3-11,16H,2,12-13H2,1H3,(H,22,24)(H,25,26)/t16-/m1/s1. The largest absolute Gasteiger partial charge is 0.480 e. The number of aliphatic carboxylic acids is 1. The van der Waals surface area contributed by atoms with Crippen molar-refractivity contribution in [1.82, 2.24) is 14.9 Å². The molecule has 1 atom stereocenters. The molecular weight excluding hydrogens is 330 g/mol. The second kappa shape index (κ2) is 7.82. The number of benzene rings is 2. The van der Waals surface area contributed by atoms with Crippen LogP contribution in [0.3, 0.4) is 0 Å². The van der Waals surface area contributed by atoms with Crippen molar-refractivity contribution in [2.45, 2.75) is 32.4 Å². The van der Waals surface area contributed by atoms with Crippen LogP contribution in [0, 0.1) is 0 Å². The average Bonchev–Trinajstić information content (AvgIpc) is 2.99. The van der Waals surface area contributed by atoms with Gasteiger partial charge in [-0.15, -0.1) is 0 Å². The zero-order valence-corrected chi connectivity index (χ0v) is 14.6. The predicted molar refractivity (Wildman–Crippen MR) is 98.8 cm³/mol. The summed E-state index contributed by atoms with van der Waals surface area (Å²) in [6.07, 6.45) is 0.932. The number of nitrogens with one attached hydrogen (secondary N) is 1. The fraction of sp³-hybridized carbons (Fsp3) is 0.250. The number of carboxylic acids is 1. The van der Waals surface area contributed by atoms with Gasteiger partial charge in [0.25, 0.3) is 0 Å². The van der Waals surface area contributed by atoms with Crippen LogP contribution in [0.15, 0.2) is 54.6 Å². The Kier molecular flexibility index (Phi) is 5.31. The fourth-order valence-electron chi connectivity index (χ4n) is 3.01. The number of imidazole rings is 1. The molecule has 0 aliphatic heterocycles. The first-order chi connectivity index (χ1) is 12.6. The van der Waals surface area contributed by atoms with Crippen molar-refractivity contribution in [2.75, 3.05) is 0 Å². The van der Waals surface area contributed by atoms with Gasteiger partial charge < -0.3 is 15.0 Å². The number of carboxylic acid groups (broad SMARTS) is 1. The van der Waals surface area contributed by atoms with E-state index in [9.17, 15) is 14.7 Å². The van der Waals surface area contributed by atoms with Gasteiger partial charge in [-0.3, -0.25) is 4.79 Å². The molecule has 6 nitrogen and oxygen atoms in total. The van der Waals surface area contributed by atoms with E-state index in [4.69, 9.17) is 0 Å². The minimum Gasteiger partial charge on any atom is -0.480 e. The topological polar surface area (TPSA) is 84.2 Å². The number of aryl methyl sites for hydroxylation is 1. The molecule has 0 fully saturated rings. The van der Waals surface area contributed by atoms with Gasteiger partial charge in [-0.25, -0.2) is 9.78 Å². The van der Waals surface area contributed by atoms with Gasteiger partial charge in [0, 0.05) is 12.8 Å². The monoisotopic (exact) mass is 351 g/mol. The van der Waals surface area contributed by atoms with Gasteiger partial charge in [-0.2, -0.15) is 0 Å². The molecular formula is C20H21N3O3. The molecule has 0 bridgehead atoms. The summed E-state index contributed by atoms with van der Waals surface area (Å²) in [6, 6.07) is 15.9. The molecule has 2 N–H and O–H groups in total. The molecule has 0 saturated heterocycles. The van der Waals surface area contributed by atoms with E-state index in [-0.39, 0.29) is 18.9 Å². The molecule has 0 aliphatic carbocycles. The maximum absolute atomic E-state index is 12.5. The number of nitrogens with zero attached hydrogens (tertiary/aromatic N) is 2. The third-order valence-corrected chi connectivity index (χ3v) is 4.27. The smallest absolute Gasteiger partial charge is 0.326 e. The Labute approximate surface area is 151 Å². The SMILES string of the molecule is CCc1nc2ccccc2n1CC(=O)N[C@H](Cc1ccccc1)C(=O)O. The summed E-state index contributed by atoms with van der Waals surface area (Å²) >= 11 is 0. The summed E-state index contributed by atoms with van der Waals surface area (Å²) in [7, 11) is 0. The Balaban J connectivity index is 1.76. The van der Waals surface area contributed by atoms with Crippen LogP contribution in [0.25, 0.3) is 11.0 Å². The lowest BCUT2D eigenvalue weighted by atomic mass is 10.1. The molecule has 134 valence electrons. The first-order valence-electron chi connectivity index (χ1n) is 8.58. The normalized spacial score (nSPS) is 12.0. The highest BCUT2D eigenvalue weighted by atomic mass is 16.4. The van der Waals surface area contributed by atoms with Gasteiger partial charge >= 0.3 is 5.97 Å². The Bertz CT molecular complexity index is 918. The van der Waals surface area contributed by atoms with Crippen molar-refractivity contribution >= 4 is 22.9 Å². The van der Waals surface area contributed by atoms with Crippen molar-refractivity contribution in [3.05, 3.63) is 66.0 Å². The van der Waals surface area contributed by atoms with Gasteiger partial charge in [0.1, 0.15) is 18.4 Å². The molecule has 0 aliphatic rings. The van der Waals surface area contributed by atoms with Gasteiger partial charge in [0.05, 0.1) is 11.0 Å². The maximum atomic E-state index is 12.5. The van der Waals surface area contributed by atoms with Crippen molar-refractivity contribution in [1.29, 1.82) is 0 Å². The number of fused-ring (bicyclic) bond motifs is 1. The lowest BCUT2D eigenvalue weighted by Crippen LogP contribution is -2.43. The minimum absolute atomic E-state index is 0.0439. The number of aromatic nitrogens is 2. The van der Waals surface area contributed by atoms with Gasteiger partial charge in [0.15, 0.2) is 0 Å². The number of carbonyl (C=O) groups is 2. The zero-order valence-electron chi connectivity index (χ0n) is 14.6. The molecule has 6 heteroatoms. The predicted octanol–water partition coefficient (Wildman–Crippen LogP) is 2.41. The summed E-state index contributed by atoms with van der Waals surface area (Å²) in [4.78, 5) is 28.6. The van der Waals surface area contributed by atoms with Crippen LogP contribution in [0.4, 0.5) is 0 Å². The molecule has 0 spiro atoms. The molecule has 0 unspecified atom stereocenters. The van der Waals surface area contributed by atoms with Crippen molar-refractivity contribution in [2.24, 2.45) is 0 Å². The zero-order chi connectivity index (χ0) is 18.5. The van der Waals surface area contributed by atoms with Crippen LogP contribution in [0.2, 0.25) is 0 Å². The van der Waals surface area contributed by atoms with Crippen LogP contribution in [-0.2, 0) is 29.0 Å². The first-order valence-corrected chi connectivity index (χ1v) is 8.58. The highest BCUT2D eigenvalue weighted by molar-refractivity contribution is 5.85. The molecule has 0 radical (unpaired) electrons. The van der Waals surface area contributed by atoms with Crippen LogP contribution < -0.4 is 5.32 Å². The van der Waals surface area contributed by atoms with E-state index in [1.807, 2.05) is 66.1 Å². The minimum atomic E-state index is -1.05. The van der Waals surface area contributed by atoms with Crippen LogP contribution in [0.1, 0.15) is 18.3 Å². The Hall–Kier alpha value is -3.15. The molecule has 1 heterocycles. The van der Waals surface area contributed by atoms with Crippen LogP contribution >= 0.6 is 0 Å². The second-order valence-electron chi connectivity index (χ2n) is 6.10. The molecule has 26 heavy (non-hydrogen) atoms. The number of hydrogen-bond acceptors (Lipinski definition) is 3. The van der Waals surface area contributed by atoms with E-state index < -0.39 is 12.0 Å². The van der Waals surface area contributed by atoms with E-state index in [0.29, 0.717) is 6.42 Å². The molecule has 1 aromatic heterocycles. The van der Waals surface area contributed by atoms with E-state index >= 15 is 0 Å². The highest BCUT2D eigenvalue weighted by Gasteiger charge is 2.21. The first kappa shape index (κ1) is 17.7. The summed E-state index contributed by atoms with van der Waals surface area (Å²) in [5.74, 6) is -0.587. The lowest BCUT2D eigenvalue weighted by molar-refractivity contribution is -0.141. The van der Waals surface area contributed by atoms with Gasteiger partial charge in [0.2, 0.25) is 5.91 Å². The third-order valence-electron chi connectivity index (χ3n) is 4.27. The molecule has 3 rings (SSSR count). The molecule has 1 amide bonds. The van der Waals surface area contributed by atoms with Gasteiger partial charge in [-0.1, -0.05) is 49.4 Å². The Morgan fingerprint density at radius 2 is 1.81 bits per heavy atom. The van der Waals surface area contributed by atoms with E-state index in [1.165, 1.54) is 0 Å². The van der Waals surface area contributed by atoms with Crippen LogP contribution in [0.5, 0.6) is 0 Å². The third kappa shape index (κ3) is 3.91. The Morgan fingerprint density at radius 3 is 2.50 bits per heavy atom.